The van der Waals surface area contributed by atoms with Gasteiger partial charge < -0.3 is 15.6 Å². The van der Waals surface area contributed by atoms with Crippen LogP contribution in [0, 0.1) is 0 Å². The minimum atomic E-state index is -0.167. The Morgan fingerprint density at radius 2 is 2.09 bits per heavy atom. The number of amides is 1. The average molecular weight is 318 g/mol. The van der Waals surface area contributed by atoms with Gasteiger partial charge in [-0.2, -0.15) is 9.97 Å². The standard InChI is InChI=1S/C13H12ClN7O/c14-13-20-11(10-12(21-13)19-7-18-10)17-6-9(22)16-5-8-1-3-15-4-2-8/h1-4,7H,5-6H2,(H,16,22)(H2,17,18,19,20,21). The second-order valence-corrected chi connectivity index (χ2v) is 4.77. The summed E-state index contributed by atoms with van der Waals surface area (Å²) in [7, 11) is 0. The lowest BCUT2D eigenvalue weighted by Crippen LogP contribution is -2.29. The molecule has 0 aliphatic rings. The number of imidazole rings is 1. The molecule has 0 aliphatic carbocycles. The van der Waals surface area contributed by atoms with Crippen LogP contribution in [0.3, 0.4) is 0 Å². The van der Waals surface area contributed by atoms with Gasteiger partial charge in [0, 0.05) is 18.9 Å². The van der Waals surface area contributed by atoms with E-state index in [0.717, 1.165) is 5.56 Å². The zero-order chi connectivity index (χ0) is 15.4. The third-order valence-electron chi connectivity index (χ3n) is 2.91. The van der Waals surface area contributed by atoms with E-state index in [4.69, 9.17) is 11.6 Å². The minimum absolute atomic E-state index is 0.0620. The maximum absolute atomic E-state index is 11.9. The van der Waals surface area contributed by atoms with Crippen LogP contribution in [-0.2, 0) is 11.3 Å². The first kappa shape index (κ1) is 14.2. The number of hydrogen-bond donors (Lipinski definition) is 3. The van der Waals surface area contributed by atoms with Crippen LogP contribution in [0.4, 0.5) is 5.82 Å². The normalized spacial score (nSPS) is 10.6. The lowest BCUT2D eigenvalue weighted by molar-refractivity contribution is -0.119. The van der Waals surface area contributed by atoms with Crippen molar-refractivity contribution in [2.45, 2.75) is 6.54 Å². The molecule has 0 spiro atoms. The first-order chi connectivity index (χ1) is 10.7. The second kappa shape index (κ2) is 6.35. The average Bonchev–Trinajstić information content (AvgIpc) is 3.00. The van der Waals surface area contributed by atoms with Crippen molar-refractivity contribution in [3.8, 4) is 0 Å². The third-order valence-corrected chi connectivity index (χ3v) is 3.08. The van der Waals surface area contributed by atoms with Crippen LogP contribution in [0.5, 0.6) is 0 Å². The molecule has 0 bridgehead atoms. The van der Waals surface area contributed by atoms with Crippen LogP contribution in [0.2, 0.25) is 5.28 Å². The number of hydrogen-bond acceptors (Lipinski definition) is 6. The molecule has 3 N–H and O–H groups in total. The number of halogens is 1. The van der Waals surface area contributed by atoms with E-state index in [1.165, 1.54) is 6.33 Å². The molecular weight excluding hydrogens is 306 g/mol. The molecule has 3 aromatic heterocycles. The molecule has 0 radical (unpaired) electrons. The molecule has 1 amide bonds. The Balaban J connectivity index is 1.59. The lowest BCUT2D eigenvalue weighted by atomic mass is 10.3. The van der Waals surface area contributed by atoms with Crippen molar-refractivity contribution >= 4 is 34.5 Å². The molecule has 3 rings (SSSR count). The van der Waals surface area contributed by atoms with E-state index < -0.39 is 0 Å². The minimum Gasteiger partial charge on any atom is -0.359 e. The van der Waals surface area contributed by atoms with Crippen molar-refractivity contribution in [1.29, 1.82) is 0 Å². The second-order valence-electron chi connectivity index (χ2n) is 4.43. The lowest BCUT2D eigenvalue weighted by Gasteiger charge is -2.08. The van der Waals surface area contributed by atoms with E-state index >= 15 is 0 Å². The Bertz CT molecular complexity index is 789. The maximum atomic E-state index is 11.9. The highest BCUT2D eigenvalue weighted by molar-refractivity contribution is 6.28. The van der Waals surface area contributed by atoms with E-state index in [9.17, 15) is 4.79 Å². The number of anilines is 1. The van der Waals surface area contributed by atoms with Crippen molar-refractivity contribution in [3.63, 3.8) is 0 Å². The van der Waals surface area contributed by atoms with E-state index in [1.807, 2.05) is 12.1 Å². The van der Waals surface area contributed by atoms with Gasteiger partial charge in [-0.25, -0.2) is 4.98 Å². The summed E-state index contributed by atoms with van der Waals surface area (Å²) < 4.78 is 0. The topological polar surface area (TPSA) is 108 Å². The highest BCUT2D eigenvalue weighted by atomic mass is 35.5. The molecule has 8 nitrogen and oxygen atoms in total. The van der Waals surface area contributed by atoms with E-state index in [0.29, 0.717) is 23.5 Å². The number of aromatic nitrogens is 5. The van der Waals surface area contributed by atoms with Crippen LogP contribution in [0.25, 0.3) is 11.2 Å². The smallest absolute Gasteiger partial charge is 0.239 e. The van der Waals surface area contributed by atoms with Crippen LogP contribution in [-0.4, -0.2) is 37.4 Å². The predicted molar refractivity (Wildman–Crippen MR) is 81.3 cm³/mol. The summed E-state index contributed by atoms with van der Waals surface area (Å²) in [6, 6.07) is 3.68. The highest BCUT2D eigenvalue weighted by Gasteiger charge is 2.10. The molecule has 9 heteroatoms. The fraction of sp³-hybridized carbons (Fsp3) is 0.154. The summed E-state index contributed by atoms with van der Waals surface area (Å²) >= 11 is 5.81. The summed E-state index contributed by atoms with van der Waals surface area (Å²) in [4.78, 5) is 30.7. The van der Waals surface area contributed by atoms with Crippen molar-refractivity contribution in [2.24, 2.45) is 0 Å². The van der Waals surface area contributed by atoms with Crippen LogP contribution in [0.1, 0.15) is 5.56 Å². The molecule has 3 heterocycles. The van der Waals surface area contributed by atoms with Gasteiger partial charge in [-0.15, -0.1) is 0 Å². The largest absolute Gasteiger partial charge is 0.359 e. The van der Waals surface area contributed by atoms with Gasteiger partial charge in [0.05, 0.1) is 12.9 Å². The molecule has 0 saturated carbocycles. The van der Waals surface area contributed by atoms with Gasteiger partial charge in [0.2, 0.25) is 11.2 Å². The zero-order valence-corrected chi connectivity index (χ0v) is 12.1. The molecule has 0 fully saturated rings. The number of H-pyrrole nitrogens is 1. The fourth-order valence-electron chi connectivity index (χ4n) is 1.86. The number of fused-ring (bicyclic) bond motifs is 1. The number of pyridine rings is 1. The third kappa shape index (κ3) is 3.29. The summed E-state index contributed by atoms with van der Waals surface area (Å²) in [6.07, 6.45) is 4.85. The molecule has 0 unspecified atom stereocenters. The van der Waals surface area contributed by atoms with Gasteiger partial charge in [0.1, 0.15) is 5.52 Å². The number of nitrogens with one attached hydrogen (secondary N) is 3. The van der Waals surface area contributed by atoms with E-state index in [1.54, 1.807) is 12.4 Å². The van der Waals surface area contributed by atoms with Gasteiger partial charge >= 0.3 is 0 Å². The molecular formula is C13H12ClN7O. The Hall–Kier alpha value is -2.74. The SMILES string of the molecule is O=C(CNc1nc(Cl)nc2nc[nH]c12)NCc1ccncc1. The Kier molecular flexibility index (Phi) is 4.10. The van der Waals surface area contributed by atoms with Crippen molar-refractivity contribution in [3.05, 3.63) is 41.7 Å². The summed E-state index contributed by atoms with van der Waals surface area (Å²) in [5.74, 6) is 0.269. The van der Waals surface area contributed by atoms with E-state index in [-0.39, 0.29) is 17.7 Å². The quantitative estimate of drug-likeness (QED) is 0.609. The Labute approximate surface area is 130 Å². The van der Waals surface area contributed by atoms with Crippen molar-refractivity contribution in [1.82, 2.24) is 30.2 Å². The van der Waals surface area contributed by atoms with Gasteiger partial charge in [-0.05, 0) is 29.3 Å². The number of carbonyl (C=O) groups is 1. The number of rotatable bonds is 5. The zero-order valence-electron chi connectivity index (χ0n) is 11.4. The van der Waals surface area contributed by atoms with Crippen molar-refractivity contribution < 1.29 is 4.79 Å². The molecule has 112 valence electrons. The summed E-state index contributed by atoms with van der Waals surface area (Å²) in [6.45, 7) is 0.500. The molecule has 0 atom stereocenters. The molecule has 0 saturated heterocycles. The summed E-state index contributed by atoms with van der Waals surface area (Å²) in [5, 5.41) is 5.78. The number of nitrogens with zero attached hydrogens (tertiary/aromatic N) is 4. The van der Waals surface area contributed by atoms with Gasteiger partial charge in [-0.3, -0.25) is 9.78 Å². The van der Waals surface area contributed by atoms with Crippen LogP contribution < -0.4 is 10.6 Å². The van der Waals surface area contributed by atoms with Gasteiger partial charge in [0.15, 0.2) is 11.5 Å². The van der Waals surface area contributed by atoms with Crippen LogP contribution in [0.15, 0.2) is 30.9 Å². The summed E-state index contributed by atoms with van der Waals surface area (Å²) in [5.41, 5.74) is 2.02. The Morgan fingerprint density at radius 1 is 1.27 bits per heavy atom. The molecule has 0 aliphatic heterocycles. The van der Waals surface area contributed by atoms with Crippen molar-refractivity contribution in [2.75, 3.05) is 11.9 Å². The van der Waals surface area contributed by atoms with Gasteiger partial charge in [0.25, 0.3) is 0 Å². The first-order valence-corrected chi connectivity index (χ1v) is 6.86. The Morgan fingerprint density at radius 3 is 2.91 bits per heavy atom. The van der Waals surface area contributed by atoms with E-state index in [2.05, 4.69) is 35.6 Å². The molecule has 0 aromatic carbocycles. The number of carbonyl (C=O) groups excluding carboxylic acids is 1. The molecule has 3 aromatic rings. The number of aromatic amines is 1. The fourth-order valence-corrected chi connectivity index (χ4v) is 2.03. The monoisotopic (exact) mass is 317 g/mol. The van der Waals surface area contributed by atoms with Crippen LogP contribution >= 0.6 is 11.6 Å². The maximum Gasteiger partial charge on any atom is 0.239 e. The highest BCUT2D eigenvalue weighted by Crippen LogP contribution is 2.18. The van der Waals surface area contributed by atoms with Gasteiger partial charge in [-0.1, -0.05) is 0 Å². The first-order valence-electron chi connectivity index (χ1n) is 6.48. The predicted octanol–water partition coefficient (Wildman–Crippen LogP) is 1.13. The molecule has 22 heavy (non-hydrogen) atoms.